The maximum Gasteiger partial charge on any atom is 0.253 e. The Morgan fingerprint density at radius 1 is 1.00 bits per heavy atom. The van der Waals surface area contributed by atoms with Gasteiger partial charge in [-0.15, -0.1) is 0 Å². The molecule has 3 heteroatoms. The third-order valence-electron chi connectivity index (χ3n) is 3.79. The number of carbonyl (C=O) groups excluding carboxylic acids is 1. The van der Waals surface area contributed by atoms with Gasteiger partial charge < -0.3 is 9.64 Å². The standard InChI is InChI=1S/C19H23NO2/c1-4-20(5-2)19(21)17-11-9-15(10-12-17)13-16-7-6-8-18(14-16)22-3/h6-12,14H,4-5,13H2,1-3H3. The van der Waals surface area contributed by atoms with Crippen molar-refractivity contribution in [2.24, 2.45) is 0 Å². The molecule has 0 atom stereocenters. The van der Waals surface area contributed by atoms with Crippen LogP contribution < -0.4 is 4.74 Å². The molecule has 0 heterocycles. The second-order valence-electron chi connectivity index (χ2n) is 5.20. The number of hydrogen-bond donors (Lipinski definition) is 0. The summed E-state index contributed by atoms with van der Waals surface area (Å²) in [5.41, 5.74) is 3.13. The number of nitrogens with zero attached hydrogens (tertiary/aromatic N) is 1. The number of methoxy groups -OCH3 is 1. The molecule has 2 aromatic carbocycles. The van der Waals surface area contributed by atoms with E-state index < -0.39 is 0 Å². The Kier molecular flexibility index (Phi) is 5.59. The minimum Gasteiger partial charge on any atom is -0.497 e. The van der Waals surface area contributed by atoms with E-state index in [0.717, 1.165) is 30.8 Å². The smallest absolute Gasteiger partial charge is 0.253 e. The van der Waals surface area contributed by atoms with Crippen molar-refractivity contribution in [3.63, 3.8) is 0 Å². The first kappa shape index (κ1) is 16.1. The summed E-state index contributed by atoms with van der Waals surface area (Å²) >= 11 is 0. The molecule has 2 rings (SSSR count). The lowest BCUT2D eigenvalue weighted by molar-refractivity contribution is 0.0773. The summed E-state index contributed by atoms with van der Waals surface area (Å²) in [6.45, 7) is 5.47. The molecule has 2 aromatic rings. The number of amides is 1. The van der Waals surface area contributed by atoms with Crippen molar-refractivity contribution >= 4 is 5.91 Å². The summed E-state index contributed by atoms with van der Waals surface area (Å²) in [7, 11) is 1.67. The van der Waals surface area contributed by atoms with Gasteiger partial charge in [0.15, 0.2) is 0 Å². The minimum atomic E-state index is 0.0953. The molecule has 0 saturated heterocycles. The van der Waals surface area contributed by atoms with Crippen LogP contribution in [0.4, 0.5) is 0 Å². The highest BCUT2D eigenvalue weighted by atomic mass is 16.5. The second kappa shape index (κ2) is 7.64. The molecule has 0 N–H and O–H groups in total. The van der Waals surface area contributed by atoms with Crippen LogP contribution >= 0.6 is 0 Å². The normalized spacial score (nSPS) is 10.3. The molecule has 22 heavy (non-hydrogen) atoms. The van der Waals surface area contributed by atoms with Crippen molar-refractivity contribution in [2.75, 3.05) is 20.2 Å². The van der Waals surface area contributed by atoms with Crippen LogP contribution in [0.3, 0.4) is 0 Å². The van der Waals surface area contributed by atoms with Gasteiger partial charge in [0.05, 0.1) is 7.11 Å². The monoisotopic (exact) mass is 297 g/mol. The minimum absolute atomic E-state index is 0.0953. The van der Waals surface area contributed by atoms with E-state index in [1.807, 2.05) is 61.2 Å². The van der Waals surface area contributed by atoms with Crippen molar-refractivity contribution in [3.8, 4) is 5.75 Å². The van der Waals surface area contributed by atoms with Gasteiger partial charge in [-0.05, 0) is 55.7 Å². The van der Waals surface area contributed by atoms with Crippen LogP contribution in [0.5, 0.6) is 5.75 Å². The van der Waals surface area contributed by atoms with Crippen LogP contribution in [0.2, 0.25) is 0 Å². The number of hydrogen-bond acceptors (Lipinski definition) is 2. The number of benzene rings is 2. The number of rotatable bonds is 6. The highest BCUT2D eigenvalue weighted by Gasteiger charge is 2.11. The summed E-state index contributed by atoms with van der Waals surface area (Å²) in [5, 5.41) is 0. The van der Waals surface area contributed by atoms with Crippen molar-refractivity contribution in [1.29, 1.82) is 0 Å². The summed E-state index contributed by atoms with van der Waals surface area (Å²) in [6, 6.07) is 15.9. The molecule has 0 aromatic heterocycles. The van der Waals surface area contributed by atoms with Crippen LogP contribution in [0.25, 0.3) is 0 Å². The first-order valence-corrected chi connectivity index (χ1v) is 7.69. The summed E-state index contributed by atoms with van der Waals surface area (Å²) in [5.74, 6) is 0.962. The Labute approximate surface area is 132 Å². The van der Waals surface area contributed by atoms with E-state index in [1.165, 1.54) is 11.1 Å². The van der Waals surface area contributed by atoms with Crippen molar-refractivity contribution in [3.05, 3.63) is 65.2 Å². The zero-order valence-corrected chi connectivity index (χ0v) is 13.5. The average molecular weight is 297 g/mol. The molecule has 0 aliphatic rings. The van der Waals surface area contributed by atoms with Gasteiger partial charge in [-0.3, -0.25) is 4.79 Å². The molecule has 0 aliphatic carbocycles. The second-order valence-corrected chi connectivity index (χ2v) is 5.20. The highest BCUT2D eigenvalue weighted by Crippen LogP contribution is 2.17. The van der Waals surface area contributed by atoms with Gasteiger partial charge in [-0.2, -0.15) is 0 Å². The SMILES string of the molecule is CCN(CC)C(=O)c1ccc(Cc2cccc(OC)c2)cc1. The molecule has 0 spiro atoms. The zero-order chi connectivity index (χ0) is 15.9. The Hall–Kier alpha value is -2.29. The Balaban J connectivity index is 2.10. The maximum absolute atomic E-state index is 12.3. The fourth-order valence-electron chi connectivity index (χ4n) is 2.48. The first-order chi connectivity index (χ1) is 10.7. The lowest BCUT2D eigenvalue weighted by Gasteiger charge is -2.18. The largest absolute Gasteiger partial charge is 0.497 e. The number of carbonyl (C=O) groups is 1. The molecular formula is C19H23NO2. The van der Waals surface area contributed by atoms with Crippen LogP contribution in [-0.4, -0.2) is 31.0 Å². The van der Waals surface area contributed by atoms with E-state index in [0.29, 0.717) is 0 Å². The third kappa shape index (κ3) is 3.88. The lowest BCUT2D eigenvalue weighted by Crippen LogP contribution is -2.30. The molecule has 0 unspecified atom stereocenters. The third-order valence-corrected chi connectivity index (χ3v) is 3.79. The predicted molar refractivity (Wildman–Crippen MR) is 89.5 cm³/mol. The van der Waals surface area contributed by atoms with Crippen molar-refractivity contribution in [1.82, 2.24) is 4.90 Å². The molecule has 0 radical (unpaired) electrons. The molecule has 0 aliphatic heterocycles. The van der Waals surface area contributed by atoms with Gasteiger partial charge in [0.25, 0.3) is 5.91 Å². The van der Waals surface area contributed by atoms with Crippen LogP contribution in [0.15, 0.2) is 48.5 Å². The van der Waals surface area contributed by atoms with Crippen LogP contribution in [-0.2, 0) is 6.42 Å². The molecule has 116 valence electrons. The summed E-state index contributed by atoms with van der Waals surface area (Å²) in [4.78, 5) is 14.1. The van der Waals surface area contributed by atoms with Gasteiger partial charge in [-0.25, -0.2) is 0 Å². The Morgan fingerprint density at radius 3 is 2.27 bits per heavy atom. The number of ether oxygens (including phenoxy) is 1. The zero-order valence-electron chi connectivity index (χ0n) is 13.5. The van der Waals surface area contributed by atoms with E-state index >= 15 is 0 Å². The summed E-state index contributed by atoms with van der Waals surface area (Å²) < 4.78 is 5.24. The van der Waals surface area contributed by atoms with E-state index in [4.69, 9.17) is 4.74 Å². The predicted octanol–water partition coefficient (Wildman–Crippen LogP) is 3.77. The first-order valence-electron chi connectivity index (χ1n) is 7.69. The van der Waals surface area contributed by atoms with Gasteiger partial charge in [0, 0.05) is 18.7 Å². The average Bonchev–Trinajstić information content (AvgIpc) is 2.56. The highest BCUT2D eigenvalue weighted by molar-refractivity contribution is 5.94. The van der Waals surface area contributed by atoms with Gasteiger partial charge in [-0.1, -0.05) is 24.3 Å². The Bertz CT molecular complexity index is 616. The van der Waals surface area contributed by atoms with E-state index in [9.17, 15) is 4.79 Å². The topological polar surface area (TPSA) is 29.5 Å². The lowest BCUT2D eigenvalue weighted by atomic mass is 10.0. The molecule has 3 nitrogen and oxygen atoms in total. The van der Waals surface area contributed by atoms with E-state index in [2.05, 4.69) is 6.07 Å². The van der Waals surface area contributed by atoms with Gasteiger partial charge >= 0.3 is 0 Å². The van der Waals surface area contributed by atoms with E-state index in [1.54, 1.807) is 7.11 Å². The maximum atomic E-state index is 12.3. The van der Waals surface area contributed by atoms with Gasteiger partial charge in [0.1, 0.15) is 5.75 Å². The molecular weight excluding hydrogens is 274 g/mol. The molecule has 0 saturated carbocycles. The van der Waals surface area contributed by atoms with Crippen LogP contribution in [0, 0.1) is 0 Å². The fraction of sp³-hybridized carbons (Fsp3) is 0.316. The summed E-state index contributed by atoms with van der Waals surface area (Å²) in [6.07, 6.45) is 0.830. The van der Waals surface area contributed by atoms with Gasteiger partial charge in [0.2, 0.25) is 0 Å². The van der Waals surface area contributed by atoms with E-state index in [-0.39, 0.29) is 5.91 Å². The van der Waals surface area contributed by atoms with Crippen molar-refractivity contribution < 1.29 is 9.53 Å². The quantitative estimate of drug-likeness (QED) is 0.812. The molecule has 1 amide bonds. The van der Waals surface area contributed by atoms with Crippen LogP contribution in [0.1, 0.15) is 35.3 Å². The Morgan fingerprint density at radius 2 is 1.68 bits per heavy atom. The fourth-order valence-corrected chi connectivity index (χ4v) is 2.48. The molecule has 0 fully saturated rings. The van der Waals surface area contributed by atoms with Crippen molar-refractivity contribution in [2.45, 2.75) is 20.3 Å². The molecule has 0 bridgehead atoms.